The molecule has 0 radical (unpaired) electrons. The predicted octanol–water partition coefficient (Wildman–Crippen LogP) is 4.91. The summed E-state index contributed by atoms with van der Waals surface area (Å²) in [5, 5.41) is 0. The van der Waals surface area contributed by atoms with Crippen molar-refractivity contribution in [3.63, 3.8) is 0 Å². The average Bonchev–Trinajstić information content (AvgIpc) is 2.44. The van der Waals surface area contributed by atoms with Crippen LogP contribution in [0.2, 0.25) is 0 Å². The molecule has 0 spiro atoms. The maximum Gasteiger partial charge on any atom is 0.411 e. The largest absolute Gasteiger partial charge is 0.444 e. The molecule has 3 nitrogen and oxygen atoms in total. The van der Waals surface area contributed by atoms with Gasteiger partial charge in [0.1, 0.15) is 17.2 Å². The minimum Gasteiger partial charge on any atom is -0.444 e. The van der Waals surface area contributed by atoms with Crippen LogP contribution in [0.4, 0.5) is 13.6 Å². The van der Waals surface area contributed by atoms with Gasteiger partial charge < -0.3 is 4.74 Å². The molecule has 0 aliphatic carbocycles. The Morgan fingerprint density at radius 1 is 1.25 bits per heavy atom. The lowest BCUT2D eigenvalue weighted by Gasteiger charge is -2.45. The molecule has 2 bridgehead atoms. The van der Waals surface area contributed by atoms with Crippen LogP contribution in [0.1, 0.15) is 52.0 Å². The maximum atomic E-state index is 14.1. The average molecular weight is 335 g/mol. The fraction of sp³-hybridized carbons (Fsp3) is 0.526. The van der Waals surface area contributed by atoms with Crippen LogP contribution in [0.3, 0.4) is 0 Å². The maximum absolute atomic E-state index is 14.1. The van der Waals surface area contributed by atoms with Crippen molar-refractivity contribution in [3.05, 3.63) is 41.5 Å². The highest BCUT2D eigenvalue weighted by molar-refractivity contribution is 5.75. The van der Waals surface area contributed by atoms with Gasteiger partial charge in [0.25, 0.3) is 0 Å². The lowest BCUT2D eigenvalue weighted by Crippen LogP contribution is -2.53. The molecule has 1 amide bonds. The van der Waals surface area contributed by atoms with Gasteiger partial charge in [-0.05, 0) is 64.2 Å². The van der Waals surface area contributed by atoms with Gasteiger partial charge in [-0.1, -0.05) is 6.08 Å². The summed E-state index contributed by atoms with van der Waals surface area (Å²) in [6.07, 6.45) is 4.93. The molecule has 130 valence electrons. The zero-order valence-electron chi connectivity index (χ0n) is 14.3. The van der Waals surface area contributed by atoms with E-state index < -0.39 is 17.2 Å². The fourth-order valence-corrected chi connectivity index (χ4v) is 3.58. The Hall–Kier alpha value is -1.91. The van der Waals surface area contributed by atoms with Crippen molar-refractivity contribution < 1.29 is 18.3 Å². The lowest BCUT2D eigenvalue weighted by atomic mass is 9.83. The van der Waals surface area contributed by atoms with E-state index in [0.29, 0.717) is 12.0 Å². The molecule has 2 aliphatic heterocycles. The van der Waals surface area contributed by atoms with Crippen LogP contribution in [0, 0.1) is 11.6 Å². The summed E-state index contributed by atoms with van der Waals surface area (Å²) < 4.78 is 32.8. The number of benzene rings is 1. The SMILES string of the molecule is CC(C)(C)OC(=O)N1C2C=C(c3ccc(F)cc3F)CC1CCC2. The van der Waals surface area contributed by atoms with Crippen LogP contribution in [-0.4, -0.2) is 28.7 Å². The number of halogens is 2. The highest BCUT2D eigenvalue weighted by Crippen LogP contribution is 2.38. The second-order valence-corrected chi connectivity index (χ2v) is 7.56. The lowest BCUT2D eigenvalue weighted by molar-refractivity contribution is 0.0000787. The summed E-state index contributed by atoms with van der Waals surface area (Å²) in [7, 11) is 0. The van der Waals surface area contributed by atoms with E-state index in [-0.39, 0.29) is 18.2 Å². The van der Waals surface area contributed by atoms with Gasteiger partial charge in [0.15, 0.2) is 0 Å². The van der Waals surface area contributed by atoms with Gasteiger partial charge in [-0.2, -0.15) is 0 Å². The van der Waals surface area contributed by atoms with Crippen LogP contribution in [0.15, 0.2) is 24.3 Å². The van der Waals surface area contributed by atoms with Crippen molar-refractivity contribution >= 4 is 11.7 Å². The van der Waals surface area contributed by atoms with Gasteiger partial charge in [-0.15, -0.1) is 0 Å². The summed E-state index contributed by atoms with van der Waals surface area (Å²) in [6, 6.07) is 3.58. The Morgan fingerprint density at radius 3 is 2.62 bits per heavy atom. The smallest absolute Gasteiger partial charge is 0.411 e. The summed E-state index contributed by atoms with van der Waals surface area (Å²) in [6.45, 7) is 5.54. The zero-order chi connectivity index (χ0) is 17.5. The number of amides is 1. The summed E-state index contributed by atoms with van der Waals surface area (Å²) in [5.74, 6) is -1.13. The van der Waals surface area contributed by atoms with Gasteiger partial charge in [0.05, 0.1) is 6.04 Å². The number of carbonyl (C=O) groups is 1. The first-order chi connectivity index (χ1) is 11.2. The molecule has 1 saturated heterocycles. The van der Waals surface area contributed by atoms with Gasteiger partial charge in [-0.3, -0.25) is 4.90 Å². The third-order valence-corrected chi connectivity index (χ3v) is 4.52. The Labute approximate surface area is 141 Å². The summed E-state index contributed by atoms with van der Waals surface area (Å²) in [5.41, 5.74) is 0.734. The third-order valence-electron chi connectivity index (χ3n) is 4.52. The molecule has 1 fully saturated rings. The first-order valence-electron chi connectivity index (χ1n) is 8.42. The molecule has 2 aliphatic rings. The van der Waals surface area contributed by atoms with Gasteiger partial charge in [-0.25, -0.2) is 13.6 Å². The molecule has 2 atom stereocenters. The molecule has 24 heavy (non-hydrogen) atoms. The van der Waals surface area contributed by atoms with Crippen molar-refractivity contribution in [2.75, 3.05) is 0 Å². The minimum absolute atomic E-state index is 0.00283. The highest BCUT2D eigenvalue weighted by Gasteiger charge is 2.39. The van der Waals surface area contributed by atoms with Crippen LogP contribution in [-0.2, 0) is 4.74 Å². The normalized spacial score (nSPS) is 23.7. The zero-order valence-corrected chi connectivity index (χ0v) is 14.3. The number of ether oxygens (including phenoxy) is 1. The molecule has 2 heterocycles. The van der Waals surface area contributed by atoms with Gasteiger partial charge >= 0.3 is 6.09 Å². The second-order valence-electron chi connectivity index (χ2n) is 7.56. The minimum atomic E-state index is -0.580. The standard InChI is InChI=1S/C19H23F2NO2/c1-19(2,3)24-18(23)22-14-5-4-6-15(22)10-12(9-14)16-8-7-13(20)11-17(16)21/h7-9,11,14-15H,4-6,10H2,1-3H3. The molecule has 0 aromatic heterocycles. The van der Waals surface area contributed by atoms with E-state index in [1.807, 2.05) is 26.8 Å². The predicted molar refractivity (Wildman–Crippen MR) is 88.5 cm³/mol. The van der Waals surface area contributed by atoms with E-state index >= 15 is 0 Å². The second kappa shape index (κ2) is 6.19. The van der Waals surface area contributed by atoms with E-state index in [4.69, 9.17) is 4.74 Å². The van der Waals surface area contributed by atoms with E-state index in [1.165, 1.54) is 12.1 Å². The van der Waals surface area contributed by atoms with Crippen LogP contribution in [0.5, 0.6) is 0 Å². The number of carbonyl (C=O) groups excluding carboxylic acids is 1. The molecular formula is C19H23F2NO2. The van der Waals surface area contributed by atoms with Crippen molar-refractivity contribution in [1.29, 1.82) is 0 Å². The molecule has 2 unspecified atom stereocenters. The molecular weight excluding hydrogens is 312 g/mol. The Kier molecular flexibility index (Phi) is 4.37. The number of hydrogen-bond donors (Lipinski definition) is 0. The number of nitrogens with zero attached hydrogens (tertiary/aromatic N) is 1. The Balaban J connectivity index is 1.88. The molecule has 0 saturated carbocycles. The monoisotopic (exact) mass is 335 g/mol. The van der Waals surface area contributed by atoms with Crippen molar-refractivity contribution in [2.45, 2.75) is 64.1 Å². The molecule has 0 N–H and O–H groups in total. The first kappa shape index (κ1) is 16.9. The van der Waals surface area contributed by atoms with E-state index in [9.17, 15) is 13.6 Å². The van der Waals surface area contributed by atoms with Crippen molar-refractivity contribution in [2.24, 2.45) is 0 Å². The molecule has 1 aromatic carbocycles. The van der Waals surface area contributed by atoms with Crippen molar-refractivity contribution in [1.82, 2.24) is 4.90 Å². The van der Waals surface area contributed by atoms with E-state index in [1.54, 1.807) is 4.90 Å². The van der Waals surface area contributed by atoms with Crippen LogP contribution >= 0.6 is 0 Å². The van der Waals surface area contributed by atoms with E-state index in [2.05, 4.69) is 0 Å². The molecule has 3 rings (SSSR count). The molecule has 1 aromatic rings. The number of rotatable bonds is 1. The van der Waals surface area contributed by atoms with Crippen molar-refractivity contribution in [3.8, 4) is 0 Å². The Bertz CT molecular complexity index is 678. The summed E-state index contributed by atoms with van der Waals surface area (Å²) >= 11 is 0. The fourth-order valence-electron chi connectivity index (χ4n) is 3.58. The van der Waals surface area contributed by atoms with Crippen LogP contribution in [0.25, 0.3) is 5.57 Å². The molecule has 5 heteroatoms. The quantitative estimate of drug-likeness (QED) is 0.730. The van der Waals surface area contributed by atoms with Crippen LogP contribution < -0.4 is 0 Å². The highest BCUT2D eigenvalue weighted by atomic mass is 19.1. The van der Waals surface area contributed by atoms with E-state index in [0.717, 1.165) is 30.9 Å². The summed E-state index contributed by atoms with van der Waals surface area (Å²) in [4.78, 5) is 14.3. The number of hydrogen-bond acceptors (Lipinski definition) is 2. The Morgan fingerprint density at radius 2 is 2.00 bits per heavy atom. The number of fused-ring (bicyclic) bond motifs is 2. The first-order valence-corrected chi connectivity index (χ1v) is 8.42. The third kappa shape index (κ3) is 3.45. The number of piperidine rings is 1. The van der Waals surface area contributed by atoms with Gasteiger partial charge in [0.2, 0.25) is 0 Å². The topological polar surface area (TPSA) is 29.5 Å². The van der Waals surface area contributed by atoms with Gasteiger partial charge in [0, 0.05) is 17.7 Å².